The average Bonchev–Trinajstić information content (AvgIpc) is 2.25. The third-order valence-corrected chi connectivity index (χ3v) is 2.07. The van der Waals surface area contributed by atoms with E-state index < -0.39 is 48.3 Å². The van der Waals surface area contributed by atoms with Gasteiger partial charge in [-0.25, -0.2) is 13.8 Å². The summed E-state index contributed by atoms with van der Waals surface area (Å²) in [5, 5.41) is 8.76. The highest BCUT2D eigenvalue weighted by Gasteiger charge is 2.37. The normalized spacial score (nSPS) is 12.2. The van der Waals surface area contributed by atoms with Gasteiger partial charge in [-0.1, -0.05) is 0 Å². The van der Waals surface area contributed by atoms with Gasteiger partial charge in [-0.15, -0.1) is 0 Å². The number of halogens is 5. The van der Waals surface area contributed by atoms with Gasteiger partial charge in [-0.3, -0.25) is 0 Å². The van der Waals surface area contributed by atoms with Crippen LogP contribution >= 0.6 is 0 Å². The molecule has 1 aromatic rings. The molecular formula is C9H9F5N2O. The van der Waals surface area contributed by atoms with Crippen molar-refractivity contribution in [1.29, 1.82) is 0 Å². The summed E-state index contributed by atoms with van der Waals surface area (Å²) in [5.74, 6) is 0. The van der Waals surface area contributed by atoms with Gasteiger partial charge in [-0.2, -0.15) is 13.2 Å². The van der Waals surface area contributed by atoms with E-state index in [9.17, 15) is 22.0 Å². The van der Waals surface area contributed by atoms with E-state index >= 15 is 0 Å². The van der Waals surface area contributed by atoms with Crippen LogP contribution in [0, 0.1) is 0 Å². The Morgan fingerprint density at radius 1 is 1.35 bits per heavy atom. The first-order valence-electron chi connectivity index (χ1n) is 4.50. The fraction of sp³-hybridized carbons (Fsp3) is 0.444. The molecule has 0 radical (unpaired) electrons. The topological polar surface area (TPSA) is 59.1 Å². The van der Waals surface area contributed by atoms with Crippen LogP contribution in [0.3, 0.4) is 0 Å². The van der Waals surface area contributed by atoms with Crippen LogP contribution < -0.4 is 5.73 Å². The molecule has 0 amide bonds. The van der Waals surface area contributed by atoms with Gasteiger partial charge in [0.05, 0.1) is 17.9 Å². The minimum Gasteiger partial charge on any atom is -0.390 e. The fourth-order valence-corrected chi connectivity index (χ4v) is 1.41. The number of aliphatic hydroxyl groups is 1. The van der Waals surface area contributed by atoms with E-state index in [2.05, 4.69) is 4.98 Å². The van der Waals surface area contributed by atoms with Crippen molar-refractivity contribution >= 4 is 0 Å². The van der Waals surface area contributed by atoms with Crippen LogP contribution in [0.1, 0.15) is 28.9 Å². The van der Waals surface area contributed by atoms with Gasteiger partial charge in [0.2, 0.25) is 0 Å². The van der Waals surface area contributed by atoms with Crippen LogP contribution in [-0.4, -0.2) is 10.1 Å². The van der Waals surface area contributed by atoms with Crippen molar-refractivity contribution in [2.24, 2.45) is 5.73 Å². The second-order valence-electron chi connectivity index (χ2n) is 3.19. The quantitative estimate of drug-likeness (QED) is 0.813. The van der Waals surface area contributed by atoms with Crippen LogP contribution in [-0.2, 0) is 19.3 Å². The maximum absolute atomic E-state index is 12.6. The second-order valence-corrected chi connectivity index (χ2v) is 3.19. The Labute approximate surface area is 93.1 Å². The van der Waals surface area contributed by atoms with Crippen molar-refractivity contribution in [2.45, 2.75) is 25.8 Å². The monoisotopic (exact) mass is 256 g/mol. The highest BCUT2D eigenvalue weighted by atomic mass is 19.4. The molecule has 0 aliphatic rings. The zero-order chi connectivity index (χ0) is 13.2. The first-order chi connectivity index (χ1) is 7.81. The molecule has 0 aliphatic heterocycles. The summed E-state index contributed by atoms with van der Waals surface area (Å²) < 4.78 is 62.6. The van der Waals surface area contributed by atoms with Crippen molar-refractivity contribution in [1.82, 2.24) is 4.98 Å². The summed E-state index contributed by atoms with van der Waals surface area (Å²) in [5.41, 5.74) is 1.67. The summed E-state index contributed by atoms with van der Waals surface area (Å²) in [6, 6.07) is 0.604. The van der Waals surface area contributed by atoms with Crippen molar-refractivity contribution in [3.63, 3.8) is 0 Å². The van der Waals surface area contributed by atoms with E-state index in [0.29, 0.717) is 6.07 Å². The summed E-state index contributed by atoms with van der Waals surface area (Å²) in [6.45, 7) is -1.65. The molecule has 1 heterocycles. The lowest BCUT2D eigenvalue weighted by atomic mass is 10.0. The predicted octanol–water partition coefficient (Wildman–Crippen LogP) is 1.99. The number of nitrogens with zero attached hydrogens (tertiary/aromatic N) is 1. The summed E-state index contributed by atoms with van der Waals surface area (Å²) in [4.78, 5) is 3.09. The maximum Gasteiger partial charge on any atom is 0.418 e. The van der Waals surface area contributed by atoms with Gasteiger partial charge in [-0.05, 0) is 11.6 Å². The molecule has 17 heavy (non-hydrogen) atoms. The van der Waals surface area contributed by atoms with Gasteiger partial charge < -0.3 is 10.8 Å². The molecule has 8 heteroatoms. The lowest BCUT2D eigenvalue weighted by Crippen LogP contribution is -2.18. The Hall–Kier alpha value is -1.28. The molecular weight excluding hydrogens is 247 g/mol. The number of pyridine rings is 1. The van der Waals surface area contributed by atoms with Crippen molar-refractivity contribution in [3.05, 3.63) is 28.6 Å². The number of alkyl halides is 5. The largest absolute Gasteiger partial charge is 0.418 e. The summed E-state index contributed by atoms with van der Waals surface area (Å²) >= 11 is 0. The number of aliphatic hydroxyl groups excluding tert-OH is 1. The SMILES string of the molecule is NCc1cc(C(F)F)nc(CO)c1C(F)(F)F. The average molecular weight is 256 g/mol. The summed E-state index contributed by atoms with van der Waals surface area (Å²) in [7, 11) is 0. The maximum atomic E-state index is 12.6. The molecule has 0 aromatic carbocycles. The molecule has 0 atom stereocenters. The molecule has 1 rings (SSSR count). The van der Waals surface area contributed by atoms with E-state index in [-0.39, 0.29) is 0 Å². The zero-order valence-corrected chi connectivity index (χ0v) is 8.43. The van der Waals surface area contributed by atoms with Gasteiger partial charge in [0.15, 0.2) is 0 Å². The van der Waals surface area contributed by atoms with Gasteiger partial charge in [0.1, 0.15) is 5.69 Å². The molecule has 0 bridgehead atoms. The molecule has 0 aliphatic carbocycles. The Morgan fingerprint density at radius 2 is 1.94 bits per heavy atom. The van der Waals surface area contributed by atoms with Crippen LogP contribution in [0.5, 0.6) is 0 Å². The Balaban J connectivity index is 3.47. The van der Waals surface area contributed by atoms with E-state index in [1.807, 2.05) is 0 Å². The highest BCUT2D eigenvalue weighted by Crippen LogP contribution is 2.35. The predicted molar refractivity (Wildman–Crippen MR) is 48.0 cm³/mol. The number of aromatic nitrogens is 1. The first-order valence-corrected chi connectivity index (χ1v) is 4.50. The minimum absolute atomic E-state index is 0.508. The Morgan fingerprint density at radius 3 is 2.29 bits per heavy atom. The molecule has 1 aromatic heterocycles. The lowest BCUT2D eigenvalue weighted by molar-refractivity contribution is -0.139. The number of hydrogen-bond donors (Lipinski definition) is 2. The Bertz CT molecular complexity index is 380. The molecule has 0 saturated heterocycles. The molecule has 0 saturated carbocycles. The molecule has 96 valence electrons. The number of nitrogens with two attached hydrogens (primary N) is 1. The van der Waals surface area contributed by atoms with Crippen molar-refractivity contribution < 1.29 is 27.1 Å². The standard InChI is InChI=1S/C9H9F5N2O/c10-8(11)5-1-4(2-15)7(9(12,13)14)6(3-17)16-5/h1,8,17H,2-3,15H2. The molecule has 0 unspecified atom stereocenters. The molecule has 3 N–H and O–H groups in total. The van der Waals surface area contributed by atoms with Crippen molar-refractivity contribution in [3.8, 4) is 0 Å². The van der Waals surface area contributed by atoms with Gasteiger partial charge in [0, 0.05) is 6.54 Å². The van der Waals surface area contributed by atoms with Gasteiger partial charge >= 0.3 is 6.18 Å². The minimum atomic E-state index is -4.79. The van der Waals surface area contributed by atoms with E-state index in [1.165, 1.54) is 0 Å². The zero-order valence-electron chi connectivity index (χ0n) is 8.43. The van der Waals surface area contributed by atoms with Crippen LogP contribution in [0.4, 0.5) is 22.0 Å². The molecule has 0 spiro atoms. The number of hydrogen-bond acceptors (Lipinski definition) is 3. The third kappa shape index (κ3) is 2.89. The third-order valence-electron chi connectivity index (χ3n) is 2.07. The van der Waals surface area contributed by atoms with E-state index in [0.717, 1.165) is 0 Å². The lowest BCUT2D eigenvalue weighted by Gasteiger charge is -2.16. The van der Waals surface area contributed by atoms with Crippen molar-refractivity contribution in [2.75, 3.05) is 0 Å². The Kier molecular flexibility index (Phi) is 3.99. The first kappa shape index (κ1) is 13.8. The fourth-order valence-electron chi connectivity index (χ4n) is 1.41. The van der Waals surface area contributed by atoms with E-state index in [4.69, 9.17) is 10.8 Å². The van der Waals surface area contributed by atoms with Crippen LogP contribution in [0.2, 0.25) is 0 Å². The molecule has 0 fully saturated rings. The molecule has 3 nitrogen and oxygen atoms in total. The van der Waals surface area contributed by atoms with Crippen LogP contribution in [0.25, 0.3) is 0 Å². The second kappa shape index (κ2) is 4.92. The summed E-state index contributed by atoms with van der Waals surface area (Å²) in [6.07, 6.45) is -7.81. The smallest absolute Gasteiger partial charge is 0.390 e. The highest BCUT2D eigenvalue weighted by molar-refractivity contribution is 5.35. The number of rotatable bonds is 3. The van der Waals surface area contributed by atoms with Gasteiger partial charge in [0.25, 0.3) is 6.43 Å². The van der Waals surface area contributed by atoms with Crippen LogP contribution in [0.15, 0.2) is 6.07 Å². The van der Waals surface area contributed by atoms with E-state index in [1.54, 1.807) is 0 Å².